The molecule has 0 aromatic heterocycles. The van der Waals surface area contributed by atoms with Gasteiger partial charge in [-0.2, -0.15) is 0 Å². The van der Waals surface area contributed by atoms with Crippen LogP contribution < -0.4 is 0 Å². The summed E-state index contributed by atoms with van der Waals surface area (Å²) < 4.78 is 32.5. The summed E-state index contributed by atoms with van der Waals surface area (Å²) in [5.74, 6) is 0.146. The van der Waals surface area contributed by atoms with Crippen LogP contribution in [0.25, 0.3) is 0 Å². The molecule has 1 atom stereocenters. The van der Waals surface area contributed by atoms with Gasteiger partial charge in [-0.3, -0.25) is 4.79 Å². The minimum atomic E-state index is -3.08. The Morgan fingerprint density at radius 2 is 1.61 bits per heavy atom. The SMILES string of the molecule is O=C([C@@H]1CCC2(CCN(S(=O)(=O)C3CC3)CC2)O1)N1CCCC1. The van der Waals surface area contributed by atoms with E-state index in [1.165, 1.54) is 0 Å². The lowest BCUT2D eigenvalue weighted by atomic mass is 9.89. The molecule has 0 radical (unpaired) electrons. The molecule has 0 aromatic rings. The van der Waals surface area contributed by atoms with Crippen LogP contribution in [-0.4, -0.2) is 66.7 Å². The molecule has 130 valence electrons. The first-order chi connectivity index (χ1) is 11.0. The van der Waals surface area contributed by atoms with Crippen molar-refractivity contribution in [2.75, 3.05) is 26.2 Å². The van der Waals surface area contributed by atoms with E-state index < -0.39 is 10.0 Å². The van der Waals surface area contributed by atoms with Crippen molar-refractivity contribution >= 4 is 15.9 Å². The summed E-state index contributed by atoms with van der Waals surface area (Å²) >= 11 is 0. The molecular weight excluding hydrogens is 316 g/mol. The summed E-state index contributed by atoms with van der Waals surface area (Å²) in [4.78, 5) is 14.4. The van der Waals surface area contributed by atoms with Gasteiger partial charge in [-0.15, -0.1) is 0 Å². The molecule has 4 fully saturated rings. The predicted molar refractivity (Wildman–Crippen MR) is 85.4 cm³/mol. The zero-order chi connectivity index (χ0) is 16.1. The summed E-state index contributed by atoms with van der Waals surface area (Å²) in [5.41, 5.74) is -0.268. The number of rotatable bonds is 3. The Hall–Kier alpha value is -0.660. The summed E-state index contributed by atoms with van der Waals surface area (Å²) in [6, 6.07) is 0. The molecule has 23 heavy (non-hydrogen) atoms. The summed E-state index contributed by atoms with van der Waals surface area (Å²) in [5, 5.41) is -0.134. The molecule has 4 aliphatic rings. The van der Waals surface area contributed by atoms with Crippen molar-refractivity contribution in [1.29, 1.82) is 0 Å². The standard InChI is InChI=1S/C16H26N2O4S/c19-15(17-9-1-2-10-17)14-5-6-16(22-14)7-11-18(12-8-16)23(20,21)13-3-4-13/h13-14H,1-12H2/t14-/m0/s1. The zero-order valence-electron chi connectivity index (χ0n) is 13.6. The Labute approximate surface area is 138 Å². The van der Waals surface area contributed by atoms with E-state index in [2.05, 4.69) is 0 Å². The average molecular weight is 342 g/mol. The van der Waals surface area contributed by atoms with Crippen molar-refractivity contribution in [3.63, 3.8) is 0 Å². The molecule has 6 nitrogen and oxygen atoms in total. The lowest BCUT2D eigenvalue weighted by Gasteiger charge is -2.38. The van der Waals surface area contributed by atoms with E-state index in [1.807, 2.05) is 4.90 Å². The van der Waals surface area contributed by atoms with Crippen LogP contribution in [0, 0.1) is 0 Å². The Morgan fingerprint density at radius 3 is 2.22 bits per heavy atom. The number of likely N-dealkylation sites (tertiary alicyclic amines) is 1. The maximum absolute atomic E-state index is 12.5. The third-order valence-corrected chi connectivity index (χ3v) is 8.29. The van der Waals surface area contributed by atoms with E-state index in [4.69, 9.17) is 4.74 Å². The summed E-state index contributed by atoms with van der Waals surface area (Å²) in [6.45, 7) is 2.81. The topological polar surface area (TPSA) is 66.9 Å². The molecule has 0 N–H and O–H groups in total. The van der Waals surface area contributed by atoms with Gasteiger partial charge in [0.1, 0.15) is 6.10 Å². The number of carbonyl (C=O) groups excluding carboxylic acids is 1. The van der Waals surface area contributed by atoms with Crippen molar-refractivity contribution in [3.05, 3.63) is 0 Å². The van der Waals surface area contributed by atoms with Gasteiger partial charge in [0.15, 0.2) is 0 Å². The van der Waals surface area contributed by atoms with Gasteiger partial charge in [-0.05, 0) is 51.4 Å². The fraction of sp³-hybridized carbons (Fsp3) is 0.938. The normalized spacial score (nSPS) is 31.8. The Morgan fingerprint density at radius 1 is 0.957 bits per heavy atom. The number of nitrogens with zero attached hydrogens (tertiary/aromatic N) is 2. The molecule has 3 saturated heterocycles. The lowest BCUT2D eigenvalue weighted by molar-refractivity contribution is -0.149. The van der Waals surface area contributed by atoms with Crippen molar-refractivity contribution < 1.29 is 17.9 Å². The highest BCUT2D eigenvalue weighted by Gasteiger charge is 2.49. The molecular formula is C16H26N2O4S. The van der Waals surface area contributed by atoms with Crippen molar-refractivity contribution in [2.45, 2.75) is 68.3 Å². The summed E-state index contributed by atoms with van der Waals surface area (Å²) in [7, 11) is -3.08. The van der Waals surface area contributed by atoms with Gasteiger partial charge in [-0.25, -0.2) is 12.7 Å². The van der Waals surface area contributed by atoms with Crippen LogP contribution in [0.1, 0.15) is 51.4 Å². The predicted octanol–water partition coefficient (Wildman–Crippen LogP) is 1.11. The van der Waals surface area contributed by atoms with Crippen LogP contribution in [0.3, 0.4) is 0 Å². The maximum Gasteiger partial charge on any atom is 0.251 e. The van der Waals surface area contributed by atoms with Crippen molar-refractivity contribution in [3.8, 4) is 0 Å². The third-order valence-electron chi connectivity index (χ3n) is 5.89. The molecule has 3 aliphatic heterocycles. The fourth-order valence-corrected chi connectivity index (χ4v) is 6.07. The average Bonchev–Trinajstić information content (AvgIpc) is 3.13. The Bertz CT molecular complexity index is 573. The van der Waals surface area contributed by atoms with Gasteiger partial charge >= 0.3 is 0 Å². The molecule has 0 unspecified atom stereocenters. The second-order valence-corrected chi connectivity index (χ2v) is 9.72. The van der Waals surface area contributed by atoms with Gasteiger partial charge in [-0.1, -0.05) is 0 Å². The quantitative estimate of drug-likeness (QED) is 0.771. The lowest BCUT2D eigenvalue weighted by Crippen LogP contribution is -2.48. The van der Waals surface area contributed by atoms with Crippen LogP contribution in [0.2, 0.25) is 0 Å². The third kappa shape index (κ3) is 2.91. The van der Waals surface area contributed by atoms with Gasteiger partial charge in [0.25, 0.3) is 5.91 Å². The number of sulfonamides is 1. The molecule has 3 heterocycles. The molecule has 0 aromatic carbocycles. The monoisotopic (exact) mass is 342 g/mol. The highest BCUT2D eigenvalue weighted by Crippen LogP contribution is 2.41. The minimum Gasteiger partial charge on any atom is -0.362 e. The Balaban J connectivity index is 1.35. The van der Waals surface area contributed by atoms with E-state index in [0.29, 0.717) is 13.1 Å². The number of hydrogen-bond donors (Lipinski definition) is 0. The Kier molecular flexibility index (Phi) is 3.93. The second kappa shape index (κ2) is 5.70. The van der Waals surface area contributed by atoms with Gasteiger partial charge in [0.2, 0.25) is 10.0 Å². The van der Waals surface area contributed by atoms with Crippen LogP contribution in [0.15, 0.2) is 0 Å². The molecule has 4 rings (SSSR count). The van der Waals surface area contributed by atoms with Gasteiger partial charge in [0, 0.05) is 26.2 Å². The smallest absolute Gasteiger partial charge is 0.251 e. The van der Waals surface area contributed by atoms with Crippen LogP contribution in [-0.2, 0) is 19.6 Å². The van der Waals surface area contributed by atoms with E-state index in [-0.39, 0.29) is 22.9 Å². The van der Waals surface area contributed by atoms with Gasteiger partial charge in [0.05, 0.1) is 10.9 Å². The van der Waals surface area contributed by atoms with Crippen molar-refractivity contribution in [1.82, 2.24) is 9.21 Å². The van der Waals surface area contributed by atoms with Crippen LogP contribution in [0.5, 0.6) is 0 Å². The van der Waals surface area contributed by atoms with Crippen LogP contribution in [0.4, 0.5) is 0 Å². The number of piperidine rings is 1. The van der Waals surface area contributed by atoms with Gasteiger partial charge < -0.3 is 9.64 Å². The molecule has 1 amide bonds. The van der Waals surface area contributed by atoms with Crippen molar-refractivity contribution in [2.24, 2.45) is 0 Å². The second-order valence-electron chi connectivity index (χ2n) is 7.50. The number of amides is 1. The number of hydrogen-bond acceptors (Lipinski definition) is 4. The van der Waals surface area contributed by atoms with E-state index in [9.17, 15) is 13.2 Å². The first kappa shape index (κ1) is 15.8. The minimum absolute atomic E-state index is 0.134. The fourth-order valence-electron chi connectivity index (χ4n) is 4.22. The largest absolute Gasteiger partial charge is 0.362 e. The summed E-state index contributed by atoms with van der Waals surface area (Å²) in [6.07, 6.45) is 6.62. The molecule has 1 saturated carbocycles. The van der Waals surface area contributed by atoms with E-state index in [1.54, 1.807) is 4.31 Å². The molecule has 1 spiro atoms. The first-order valence-electron chi connectivity index (χ1n) is 8.96. The van der Waals surface area contributed by atoms with Crippen LogP contribution >= 0.6 is 0 Å². The first-order valence-corrected chi connectivity index (χ1v) is 10.5. The zero-order valence-corrected chi connectivity index (χ0v) is 14.4. The van der Waals surface area contributed by atoms with E-state index in [0.717, 1.165) is 64.5 Å². The highest BCUT2D eigenvalue weighted by atomic mass is 32.2. The molecule has 7 heteroatoms. The molecule has 1 aliphatic carbocycles. The number of carbonyl (C=O) groups is 1. The molecule has 0 bridgehead atoms. The van der Waals surface area contributed by atoms with E-state index >= 15 is 0 Å². The highest BCUT2D eigenvalue weighted by molar-refractivity contribution is 7.90. The number of ether oxygens (including phenoxy) is 1. The maximum atomic E-state index is 12.5.